The van der Waals surface area contributed by atoms with Crippen LogP contribution in [0.1, 0.15) is 17.8 Å². The van der Waals surface area contributed by atoms with Crippen molar-refractivity contribution in [3.05, 3.63) is 59.6 Å². The van der Waals surface area contributed by atoms with Crippen molar-refractivity contribution in [1.29, 1.82) is 0 Å². The molecule has 0 spiro atoms. The summed E-state index contributed by atoms with van der Waals surface area (Å²) in [5, 5.41) is 13.4. The first-order valence-corrected chi connectivity index (χ1v) is 9.97. The topological polar surface area (TPSA) is 93.0 Å². The summed E-state index contributed by atoms with van der Waals surface area (Å²) in [6.07, 6.45) is 4.39. The van der Waals surface area contributed by atoms with Gasteiger partial charge >= 0.3 is 0 Å². The van der Waals surface area contributed by atoms with Gasteiger partial charge in [0, 0.05) is 31.1 Å². The predicted molar refractivity (Wildman–Crippen MR) is 105 cm³/mol. The highest BCUT2D eigenvalue weighted by atomic mass is 32.1. The average molecular weight is 396 g/mol. The third kappa shape index (κ3) is 4.09. The number of rotatable bonds is 7. The quantitative estimate of drug-likeness (QED) is 0.655. The molecule has 4 rings (SSSR count). The van der Waals surface area contributed by atoms with Gasteiger partial charge in [-0.25, -0.2) is 4.98 Å². The zero-order valence-electron chi connectivity index (χ0n) is 15.2. The summed E-state index contributed by atoms with van der Waals surface area (Å²) in [6.45, 7) is 1.39. The molecule has 2 aromatic heterocycles. The van der Waals surface area contributed by atoms with E-state index in [2.05, 4.69) is 32.6 Å². The van der Waals surface area contributed by atoms with Crippen LogP contribution in [0.3, 0.4) is 0 Å². The molecule has 1 N–H and O–H groups in total. The minimum atomic E-state index is -0.378. The molecular formula is C19H20N6O2S. The van der Waals surface area contributed by atoms with E-state index in [0.29, 0.717) is 17.5 Å². The maximum atomic E-state index is 12.5. The Bertz CT molecular complexity index is 941. The van der Waals surface area contributed by atoms with Crippen LogP contribution in [0.25, 0.3) is 0 Å². The van der Waals surface area contributed by atoms with Gasteiger partial charge in [0.05, 0.1) is 12.5 Å². The molecule has 1 aliphatic heterocycles. The number of aryl methyl sites for hydroxylation is 2. The van der Waals surface area contributed by atoms with E-state index in [1.165, 1.54) is 16.9 Å². The number of carbonyl (C=O) groups is 2. The van der Waals surface area contributed by atoms with Crippen LogP contribution in [0.4, 0.5) is 5.13 Å². The Morgan fingerprint density at radius 3 is 2.93 bits per heavy atom. The van der Waals surface area contributed by atoms with Gasteiger partial charge in [0.1, 0.15) is 6.33 Å². The van der Waals surface area contributed by atoms with E-state index in [0.717, 1.165) is 13.0 Å². The van der Waals surface area contributed by atoms with E-state index >= 15 is 0 Å². The first-order chi connectivity index (χ1) is 13.7. The lowest BCUT2D eigenvalue weighted by atomic mass is 10.1. The van der Waals surface area contributed by atoms with E-state index in [4.69, 9.17) is 0 Å². The van der Waals surface area contributed by atoms with Gasteiger partial charge in [-0.2, -0.15) is 0 Å². The fourth-order valence-electron chi connectivity index (χ4n) is 3.22. The number of benzene rings is 1. The van der Waals surface area contributed by atoms with Gasteiger partial charge in [-0.3, -0.25) is 14.5 Å². The molecule has 1 atom stereocenters. The molecule has 8 nitrogen and oxygen atoms in total. The van der Waals surface area contributed by atoms with Gasteiger partial charge in [-0.1, -0.05) is 30.3 Å². The number of nitrogens with zero attached hydrogens (tertiary/aromatic N) is 5. The summed E-state index contributed by atoms with van der Waals surface area (Å²) >= 11 is 1.40. The molecule has 1 fully saturated rings. The fourth-order valence-corrected chi connectivity index (χ4v) is 3.89. The molecule has 28 heavy (non-hydrogen) atoms. The lowest BCUT2D eigenvalue weighted by Gasteiger charge is -2.13. The normalized spacial score (nSPS) is 16.5. The maximum absolute atomic E-state index is 12.5. The molecule has 0 saturated carbocycles. The monoisotopic (exact) mass is 396 g/mol. The van der Waals surface area contributed by atoms with Crippen molar-refractivity contribution >= 4 is 28.3 Å². The van der Waals surface area contributed by atoms with Crippen molar-refractivity contribution in [3.63, 3.8) is 0 Å². The number of anilines is 1. The summed E-state index contributed by atoms with van der Waals surface area (Å²) in [5.74, 6) is 0.105. The number of hydrogen-bond donors (Lipinski definition) is 1. The minimum Gasteiger partial charge on any atom is -0.348 e. The summed E-state index contributed by atoms with van der Waals surface area (Å²) in [5.41, 5.74) is 1.23. The molecule has 3 aromatic rings. The Kier molecular flexibility index (Phi) is 5.43. The van der Waals surface area contributed by atoms with Gasteiger partial charge < -0.3 is 9.88 Å². The highest BCUT2D eigenvalue weighted by molar-refractivity contribution is 7.13. The Balaban J connectivity index is 1.31. The molecule has 0 bridgehead atoms. The van der Waals surface area contributed by atoms with Crippen LogP contribution < -0.4 is 10.2 Å². The van der Waals surface area contributed by atoms with Crippen LogP contribution in [0.2, 0.25) is 0 Å². The predicted octanol–water partition coefficient (Wildman–Crippen LogP) is 1.65. The first-order valence-electron chi connectivity index (χ1n) is 9.09. The SMILES string of the molecule is O=C(NCc1nncn1CCc1ccccc1)C1CC(=O)N(c2nccs2)C1. The van der Waals surface area contributed by atoms with E-state index < -0.39 is 0 Å². The van der Waals surface area contributed by atoms with Crippen LogP contribution in [-0.2, 0) is 29.1 Å². The molecule has 0 aliphatic carbocycles. The van der Waals surface area contributed by atoms with Crippen molar-refractivity contribution in [1.82, 2.24) is 25.1 Å². The molecule has 9 heteroatoms. The zero-order valence-corrected chi connectivity index (χ0v) is 16.0. The molecule has 0 radical (unpaired) electrons. The Hall–Kier alpha value is -3.07. The number of aromatic nitrogens is 4. The third-order valence-corrected chi connectivity index (χ3v) is 5.54. The summed E-state index contributed by atoms with van der Waals surface area (Å²) < 4.78 is 1.94. The lowest BCUT2D eigenvalue weighted by molar-refractivity contribution is -0.126. The Morgan fingerprint density at radius 2 is 2.14 bits per heavy atom. The Morgan fingerprint density at radius 1 is 1.29 bits per heavy atom. The van der Waals surface area contributed by atoms with Gasteiger partial charge in [-0.05, 0) is 12.0 Å². The van der Waals surface area contributed by atoms with Gasteiger partial charge in [0.25, 0.3) is 0 Å². The highest BCUT2D eigenvalue weighted by Crippen LogP contribution is 2.26. The number of amides is 2. The number of thiazole rings is 1. The molecule has 1 aliphatic rings. The zero-order chi connectivity index (χ0) is 19.3. The van der Waals surface area contributed by atoms with Gasteiger partial charge in [0.15, 0.2) is 11.0 Å². The minimum absolute atomic E-state index is 0.0684. The van der Waals surface area contributed by atoms with Crippen LogP contribution >= 0.6 is 11.3 Å². The fraction of sp³-hybridized carbons (Fsp3) is 0.316. The second-order valence-corrected chi connectivity index (χ2v) is 7.49. The van der Waals surface area contributed by atoms with Crippen molar-refractivity contribution in [2.24, 2.45) is 5.92 Å². The lowest BCUT2D eigenvalue weighted by Crippen LogP contribution is -2.33. The van der Waals surface area contributed by atoms with Crippen LogP contribution in [0.15, 0.2) is 48.2 Å². The molecule has 1 unspecified atom stereocenters. The number of carbonyl (C=O) groups excluding carboxylic acids is 2. The van der Waals surface area contributed by atoms with Crippen molar-refractivity contribution in [3.8, 4) is 0 Å². The van der Waals surface area contributed by atoms with Crippen molar-refractivity contribution in [2.45, 2.75) is 25.9 Å². The molecule has 2 amide bonds. The second-order valence-electron chi connectivity index (χ2n) is 6.61. The largest absolute Gasteiger partial charge is 0.348 e. The van der Waals surface area contributed by atoms with Crippen molar-refractivity contribution < 1.29 is 9.59 Å². The Labute approximate surface area is 166 Å². The van der Waals surface area contributed by atoms with Crippen LogP contribution in [0.5, 0.6) is 0 Å². The van der Waals surface area contributed by atoms with Crippen LogP contribution in [-0.4, -0.2) is 38.1 Å². The average Bonchev–Trinajstić information content (AvgIpc) is 3.46. The smallest absolute Gasteiger partial charge is 0.229 e. The van der Waals surface area contributed by atoms with Gasteiger partial charge in [0.2, 0.25) is 11.8 Å². The number of nitrogens with one attached hydrogen (secondary N) is 1. The first kappa shape index (κ1) is 18.3. The molecule has 1 saturated heterocycles. The summed E-state index contributed by atoms with van der Waals surface area (Å²) in [7, 11) is 0. The second kappa shape index (κ2) is 8.30. The summed E-state index contributed by atoms with van der Waals surface area (Å²) in [6, 6.07) is 10.2. The van der Waals surface area contributed by atoms with Crippen molar-refractivity contribution in [2.75, 3.05) is 11.4 Å². The molecule has 1 aromatic carbocycles. The van der Waals surface area contributed by atoms with E-state index in [1.54, 1.807) is 17.4 Å². The highest BCUT2D eigenvalue weighted by Gasteiger charge is 2.36. The van der Waals surface area contributed by atoms with E-state index in [1.807, 2.05) is 28.1 Å². The van der Waals surface area contributed by atoms with E-state index in [-0.39, 0.29) is 30.7 Å². The molecule has 3 heterocycles. The van der Waals surface area contributed by atoms with E-state index in [9.17, 15) is 9.59 Å². The standard InChI is InChI=1S/C19H20N6O2S/c26-17-10-15(12-25(17)19-20-7-9-28-19)18(27)21-11-16-23-22-13-24(16)8-6-14-4-2-1-3-5-14/h1-5,7,9,13,15H,6,8,10-12H2,(H,21,27). The molecular weight excluding hydrogens is 376 g/mol. The van der Waals surface area contributed by atoms with Crippen LogP contribution in [0, 0.1) is 5.92 Å². The maximum Gasteiger partial charge on any atom is 0.229 e. The molecule has 144 valence electrons. The third-order valence-electron chi connectivity index (χ3n) is 4.75. The number of hydrogen-bond acceptors (Lipinski definition) is 6. The summed E-state index contributed by atoms with van der Waals surface area (Å²) in [4.78, 5) is 30.4. The van der Waals surface area contributed by atoms with Gasteiger partial charge in [-0.15, -0.1) is 21.5 Å².